The fraction of sp³-hybridized carbons (Fsp3) is 0.316. The third kappa shape index (κ3) is 3.89. The summed E-state index contributed by atoms with van der Waals surface area (Å²) >= 11 is 5.70. The first-order valence-electron chi connectivity index (χ1n) is 7.74. The van der Waals surface area contributed by atoms with Gasteiger partial charge in [0.2, 0.25) is 0 Å². The Morgan fingerprint density at radius 2 is 1.41 bits per heavy atom. The van der Waals surface area contributed by atoms with Gasteiger partial charge in [-0.15, -0.1) is 11.6 Å². The Balaban J connectivity index is 2.54. The van der Waals surface area contributed by atoms with Crippen molar-refractivity contribution in [2.24, 2.45) is 5.16 Å². The molecule has 0 saturated heterocycles. The Morgan fingerprint density at radius 3 is 1.86 bits per heavy atom. The van der Waals surface area contributed by atoms with Crippen LogP contribution in [0.15, 0.2) is 53.7 Å². The summed E-state index contributed by atoms with van der Waals surface area (Å²) in [4.78, 5) is 5.41. The van der Waals surface area contributed by atoms with Crippen molar-refractivity contribution in [3.05, 3.63) is 70.8 Å². The van der Waals surface area contributed by atoms with Crippen molar-refractivity contribution in [2.75, 3.05) is 12.5 Å². The lowest BCUT2D eigenvalue weighted by atomic mass is 9.92. The zero-order valence-corrected chi connectivity index (χ0v) is 13.9. The van der Waals surface area contributed by atoms with Gasteiger partial charge in [-0.25, -0.2) is 0 Å². The maximum atomic E-state index is 5.70. The molecule has 0 unspecified atom stereocenters. The van der Waals surface area contributed by atoms with Crippen LogP contribution in [-0.2, 0) is 17.7 Å². The average Bonchev–Trinajstić information content (AvgIpc) is 2.59. The van der Waals surface area contributed by atoms with Crippen LogP contribution in [0.25, 0.3) is 0 Å². The van der Waals surface area contributed by atoms with E-state index in [4.69, 9.17) is 16.4 Å². The molecule has 0 fully saturated rings. The number of hydrogen-bond donors (Lipinski definition) is 0. The molecule has 2 nitrogen and oxygen atoms in total. The molecule has 0 atom stereocenters. The summed E-state index contributed by atoms with van der Waals surface area (Å²) in [6.07, 6.45) is 1.91. The van der Waals surface area contributed by atoms with Crippen molar-refractivity contribution in [3.8, 4) is 0 Å². The third-order valence-corrected chi connectivity index (χ3v) is 3.79. The van der Waals surface area contributed by atoms with Crippen LogP contribution >= 0.6 is 11.6 Å². The third-order valence-electron chi connectivity index (χ3n) is 3.63. The van der Waals surface area contributed by atoms with Gasteiger partial charge in [0.1, 0.15) is 12.3 Å². The molecule has 0 aliphatic heterocycles. The fourth-order valence-electron chi connectivity index (χ4n) is 2.51. The summed E-state index contributed by atoms with van der Waals surface area (Å²) in [5, 5.41) is 4.40. The molecule has 22 heavy (non-hydrogen) atoms. The van der Waals surface area contributed by atoms with Gasteiger partial charge in [-0.05, 0) is 24.0 Å². The highest BCUT2D eigenvalue weighted by Crippen LogP contribution is 2.20. The highest BCUT2D eigenvalue weighted by molar-refractivity contribution is 6.18. The molecule has 0 aliphatic carbocycles. The molecular weight excluding hydrogens is 294 g/mol. The monoisotopic (exact) mass is 315 g/mol. The minimum Gasteiger partial charge on any atom is -0.394 e. The highest BCUT2D eigenvalue weighted by Gasteiger charge is 2.14. The van der Waals surface area contributed by atoms with Crippen LogP contribution in [0.4, 0.5) is 0 Å². The molecule has 0 amide bonds. The Kier molecular flexibility index (Phi) is 6.47. The van der Waals surface area contributed by atoms with Crippen LogP contribution in [0, 0.1) is 0 Å². The molecule has 2 rings (SSSR count). The summed E-state index contributed by atoms with van der Waals surface area (Å²) in [7, 11) is 0. The minimum atomic E-state index is 0.410. The molecular formula is C19H22ClNO. The van der Waals surface area contributed by atoms with Gasteiger partial charge >= 0.3 is 0 Å². The molecule has 0 radical (unpaired) electrons. The molecule has 0 aliphatic rings. The van der Waals surface area contributed by atoms with Gasteiger partial charge in [0.05, 0.1) is 5.88 Å². The Hall–Kier alpha value is -1.80. The number of oxime groups is 1. The van der Waals surface area contributed by atoms with Crippen molar-refractivity contribution >= 4 is 17.3 Å². The van der Waals surface area contributed by atoms with E-state index in [1.54, 1.807) is 0 Å². The second kappa shape index (κ2) is 8.60. The maximum Gasteiger partial charge on any atom is 0.130 e. The molecule has 0 N–H and O–H groups in total. The standard InChI is InChI=1S/C19H22ClNO/c1-3-15-9-5-7-11-17(15)19(21-22-14-13-20)18-12-8-6-10-16(18)4-2/h5-12H,3-4,13-14H2,1-2H3. The molecule has 0 bridgehead atoms. The minimum absolute atomic E-state index is 0.410. The van der Waals surface area contributed by atoms with Gasteiger partial charge < -0.3 is 4.84 Å². The van der Waals surface area contributed by atoms with Gasteiger partial charge in [-0.2, -0.15) is 0 Å². The number of hydrogen-bond acceptors (Lipinski definition) is 2. The first-order chi connectivity index (χ1) is 10.8. The maximum absolute atomic E-state index is 5.70. The first kappa shape index (κ1) is 16.6. The van der Waals surface area contributed by atoms with Gasteiger partial charge in [0, 0.05) is 11.1 Å². The van der Waals surface area contributed by atoms with Gasteiger partial charge in [-0.3, -0.25) is 0 Å². The van der Waals surface area contributed by atoms with Crippen molar-refractivity contribution in [1.29, 1.82) is 0 Å². The van der Waals surface area contributed by atoms with E-state index < -0.39 is 0 Å². The van der Waals surface area contributed by atoms with E-state index in [0.29, 0.717) is 12.5 Å². The Labute approximate surface area is 137 Å². The zero-order valence-electron chi connectivity index (χ0n) is 13.2. The van der Waals surface area contributed by atoms with Crippen LogP contribution in [0.3, 0.4) is 0 Å². The molecule has 0 aromatic heterocycles. The summed E-state index contributed by atoms with van der Waals surface area (Å²) in [5.41, 5.74) is 5.67. The Morgan fingerprint density at radius 1 is 0.909 bits per heavy atom. The van der Waals surface area contributed by atoms with Crippen LogP contribution < -0.4 is 0 Å². The van der Waals surface area contributed by atoms with Gasteiger partial charge in [0.15, 0.2) is 0 Å². The largest absolute Gasteiger partial charge is 0.394 e. The summed E-state index contributed by atoms with van der Waals surface area (Å²) < 4.78 is 0. The molecule has 0 saturated carbocycles. The number of alkyl halides is 1. The molecule has 2 aromatic carbocycles. The van der Waals surface area contributed by atoms with E-state index in [9.17, 15) is 0 Å². The predicted octanol–water partition coefficient (Wildman–Crippen LogP) is 4.82. The second-order valence-electron chi connectivity index (χ2n) is 4.98. The van der Waals surface area contributed by atoms with Gasteiger partial charge in [0.25, 0.3) is 0 Å². The van der Waals surface area contributed by atoms with Crippen molar-refractivity contribution in [3.63, 3.8) is 0 Å². The van der Waals surface area contributed by atoms with E-state index in [-0.39, 0.29) is 0 Å². The lowest BCUT2D eigenvalue weighted by Crippen LogP contribution is -2.10. The lowest BCUT2D eigenvalue weighted by molar-refractivity contribution is 0.161. The van der Waals surface area contributed by atoms with Gasteiger partial charge in [-0.1, -0.05) is 67.5 Å². The Bertz CT molecular complexity index is 587. The smallest absolute Gasteiger partial charge is 0.130 e. The SMILES string of the molecule is CCc1ccccc1C(=NOCCCl)c1ccccc1CC. The number of halogens is 1. The van der Waals surface area contributed by atoms with Crippen LogP contribution in [-0.4, -0.2) is 18.2 Å². The van der Waals surface area contributed by atoms with E-state index in [1.807, 2.05) is 12.1 Å². The first-order valence-corrected chi connectivity index (χ1v) is 8.27. The van der Waals surface area contributed by atoms with E-state index in [0.717, 1.165) is 29.7 Å². The molecule has 2 aromatic rings. The molecule has 3 heteroatoms. The molecule has 116 valence electrons. The summed E-state index contributed by atoms with van der Waals surface area (Å²) in [5.74, 6) is 0.432. The number of aryl methyl sites for hydroxylation is 2. The normalized spacial score (nSPS) is 10.3. The molecule has 0 heterocycles. The number of benzene rings is 2. The van der Waals surface area contributed by atoms with Crippen molar-refractivity contribution in [1.82, 2.24) is 0 Å². The summed E-state index contributed by atoms with van der Waals surface area (Å²) in [6, 6.07) is 16.7. The fourth-order valence-corrected chi connectivity index (χ4v) is 2.58. The second-order valence-corrected chi connectivity index (χ2v) is 5.36. The quantitative estimate of drug-likeness (QED) is 0.311. The van der Waals surface area contributed by atoms with Crippen LogP contribution in [0.5, 0.6) is 0 Å². The van der Waals surface area contributed by atoms with Crippen molar-refractivity contribution < 1.29 is 4.84 Å². The van der Waals surface area contributed by atoms with Crippen molar-refractivity contribution in [2.45, 2.75) is 26.7 Å². The highest BCUT2D eigenvalue weighted by atomic mass is 35.5. The summed E-state index contributed by atoms with van der Waals surface area (Å²) in [6.45, 7) is 4.72. The topological polar surface area (TPSA) is 21.6 Å². The predicted molar refractivity (Wildman–Crippen MR) is 94.0 cm³/mol. The lowest BCUT2D eigenvalue weighted by Gasteiger charge is -2.14. The van der Waals surface area contributed by atoms with E-state index in [2.05, 4.69) is 55.4 Å². The zero-order chi connectivity index (χ0) is 15.8. The van der Waals surface area contributed by atoms with Crippen LogP contribution in [0.2, 0.25) is 0 Å². The average molecular weight is 316 g/mol. The number of rotatable bonds is 7. The van der Waals surface area contributed by atoms with E-state index in [1.165, 1.54) is 11.1 Å². The van der Waals surface area contributed by atoms with E-state index >= 15 is 0 Å². The molecule has 0 spiro atoms. The van der Waals surface area contributed by atoms with Crippen LogP contribution in [0.1, 0.15) is 36.1 Å². The number of nitrogens with zero attached hydrogens (tertiary/aromatic N) is 1.